The maximum Gasteiger partial charge on any atom is 0.303 e. The molecule has 1 aromatic rings. The number of Topliss-reactive ketones (excluding diaryl/α,β-unsaturated/α-hetero) is 1. The van der Waals surface area contributed by atoms with Gasteiger partial charge in [-0.1, -0.05) is 24.3 Å². The molecule has 1 N–H and O–H groups in total. The van der Waals surface area contributed by atoms with Crippen LogP contribution >= 0.6 is 0 Å². The minimum absolute atomic E-state index is 0.00107. The van der Waals surface area contributed by atoms with Gasteiger partial charge in [0, 0.05) is 32.0 Å². The lowest BCUT2D eigenvalue weighted by Crippen LogP contribution is -2.41. The van der Waals surface area contributed by atoms with Crippen LogP contribution in [0.4, 0.5) is 0 Å². The van der Waals surface area contributed by atoms with Crippen molar-refractivity contribution in [2.75, 3.05) is 13.2 Å². The van der Waals surface area contributed by atoms with Gasteiger partial charge >= 0.3 is 5.97 Å². The second-order valence-corrected chi connectivity index (χ2v) is 11.5. The number of fused-ring (bicyclic) bond motifs is 1. The Kier molecular flexibility index (Phi) is 11.1. The van der Waals surface area contributed by atoms with Crippen molar-refractivity contribution in [3.63, 3.8) is 0 Å². The normalized spacial score (nSPS) is 29.3. The molecule has 0 bridgehead atoms. The van der Waals surface area contributed by atoms with Crippen LogP contribution in [0.3, 0.4) is 0 Å². The smallest absolute Gasteiger partial charge is 0.303 e. The molecule has 0 amide bonds. The molecule has 9 heteroatoms. The Bertz CT molecular complexity index is 989. The van der Waals surface area contributed by atoms with Crippen molar-refractivity contribution >= 4 is 11.8 Å². The lowest BCUT2D eigenvalue weighted by Gasteiger charge is -2.33. The Morgan fingerprint density at radius 2 is 1.71 bits per heavy atom. The van der Waals surface area contributed by atoms with E-state index in [1.165, 1.54) is 0 Å². The first-order chi connectivity index (χ1) is 20.1. The average Bonchev–Trinajstić information content (AvgIpc) is 3.54. The summed E-state index contributed by atoms with van der Waals surface area (Å²) < 4.78 is 37.0. The van der Waals surface area contributed by atoms with E-state index < -0.39 is 12.3 Å². The number of allylic oxidation sites excluding steroid dienone is 2. The molecule has 5 rings (SSSR count). The maximum atomic E-state index is 13.3. The molecular formula is C32H44O9. The zero-order valence-corrected chi connectivity index (χ0v) is 23.8. The van der Waals surface area contributed by atoms with Gasteiger partial charge in [0.2, 0.25) is 0 Å². The number of hydrogen-bond acceptors (Lipinski definition) is 8. The highest BCUT2D eigenvalue weighted by molar-refractivity contribution is 5.84. The molecule has 4 aliphatic rings. The summed E-state index contributed by atoms with van der Waals surface area (Å²) in [6, 6.07) is 7.63. The first kappa shape index (κ1) is 30.0. The molecule has 1 aromatic carbocycles. The van der Waals surface area contributed by atoms with E-state index in [0.29, 0.717) is 63.2 Å². The van der Waals surface area contributed by atoms with Crippen LogP contribution in [-0.2, 0) is 28.5 Å². The second-order valence-electron chi connectivity index (χ2n) is 11.5. The molecule has 9 nitrogen and oxygen atoms in total. The lowest BCUT2D eigenvalue weighted by atomic mass is 9.86. The van der Waals surface area contributed by atoms with Gasteiger partial charge in [-0.3, -0.25) is 9.59 Å². The summed E-state index contributed by atoms with van der Waals surface area (Å²) in [5, 5.41) is 8.88. The fourth-order valence-corrected chi connectivity index (χ4v) is 6.30. The van der Waals surface area contributed by atoms with Crippen molar-refractivity contribution in [2.45, 2.75) is 115 Å². The number of benzene rings is 1. The fourth-order valence-electron chi connectivity index (χ4n) is 6.30. The number of rotatable bonds is 14. The largest absolute Gasteiger partial charge is 0.481 e. The molecule has 2 saturated heterocycles. The number of carboxylic acids is 1. The number of carbonyl (C=O) groups is 2. The van der Waals surface area contributed by atoms with Crippen LogP contribution in [0.25, 0.3) is 0 Å². The number of aliphatic carboxylic acids is 1. The van der Waals surface area contributed by atoms with E-state index in [2.05, 4.69) is 0 Å². The second kappa shape index (κ2) is 15.1. The van der Waals surface area contributed by atoms with Crippen molar-refractivity contribution in [3.05, 3.63) is 36.4 Å². The first-order valence-electron chi connectivity index (χ1n) is 15.4. The first-order valence-corrected chi connectivity index (χ1v) is 15.4. The molecule has 0 aromatic heterocycles. The third-order valence-electron chi connectivity index (χ3n) is 8.48. The summed E-state index contributed by atoms with van der Waals surface area (Å²) >= 11 is 0. The molecule has 6 atom stereocenters. The van der Waals surface area contributed by atoms with Gasteiger partial charge in [-0.2, -0.15) is 0 Å². The van der Waals surface area contributed by atoms with Gasteiger partial charge in [0.25, 0.3) is 6.29 Å². The molecule has 0 radical (unpaired) electrons. The number of unbranched alkanes of at least 4 members (excludes halogenated alkanes) is 1. The topological polar surface area (TPSA) is 110 Å². The van der Waals surface area contributed by atoms with Crippen LogP contribution in [0, 0.1) is 11.8 Å². The van der Waals surface area contributed by atoms with Crippen LogP contribution in [-0.4, -0.2) is 61.2 Å². The number of hydrogen-bond donors (Lipinski definition) is 1. The van der Waals surface area contributed by atoms with E-state index in [9.17, 15) is 9.59 Å². The lowest BCUT2D eigenvalue weighted by molar-refractivity contribution is -0.225. The highest BCUT2D eigenvalue weighted by Gasteiger charge is 2.45. The molecule has 226 valence electrons. The monoisotopic (exact) mass is 572 g/mol. The predicted octanol–water partition coefficient (Wildman–Crippen LogP) is 5.79. The third kappa shape index (κ3) is 8.53. The minimum Gasteiger partial charge on any atom is -0.481 e. The van der Waals surface area contributed by atoms with Crippen molar-refractivity contribution in [3.8, 4) is 11.5 Å². The number of carboxylic acid groups (broad SMARTS) is 1. The molecule has 0 spiro atoms. The molecule has 1 aliphatic carbocycles. The van der Waals surface area contributed by atoms with Crippen LogP contribution in [0.5, 0.6) is 11.5 Å². The number of ether oxygens (including phenoxy) is 6. The molecule has 2 unspecified atom stereocenters. The Hall–Kier alpha value is -2.46. The SMILES string of the molecule is O=C(O)CCC/C=C\C[C@H]1C(=O)C[C@@H](OC2CCCCO2)[C@@H]1CC[C@H](OC1CCCCO1)C1Oc2ccccc2O1. The summed E-state index contributed by atoms with van der Waals surface area (Å²) in [5.41, 5.74) is 0. The number of carbonyl (C=O) groups excluding carboxylic acids is 1. The van der Waals surface area contributed by atoms with E-state index in [1.807, 2.05) is 36.4 Å². The Labute approximate surface area is 242 Å². The number of para-hydroxylation sites is 2. The van der Waals surface area contributed by atoms with E-state index in [-0.39, 0.29) is 48.8 Å². The van der Waals surface area contributed by atoms with Gasteiger partial charge in [-0.25, -0.2) is 0 Å². The maximum absolute atomic E-state index is 13.3. The third-order valence-corrected chi connectivity index (χ3v) is 8.48. The summed E-state index contributed by atoms with van der Waals surface area (Å²) in [6.45, 7) is 1.37. The fraction of sp³-hybridized carbons (Fsp3) is 0.688. The van der Waals surface area contributed by atoms with Gasteiger partial charge in [-0.05, 0) is 88.7 Å². The summed E-state index contributed by atoms with van der Waals surface area (Å²) in [4.78, 5) is 24.1. The molecule has 3 fully saturated rings. The van der Waals surface area contributed by atoms with Gasteiger partial charge in [-0.15, -0.1) is 0 Å². The van der Waals surface area contributed by atoms with Crippen molar-refractivity contribution < 1.29 is 43.1 Å². The number of ketones is 1. The minimum atomic E-state index is -0.789. The van der Waals surface area contributed by atoms with E-state index in [0.717, 1.165) is 38.5 Å². The molecule has 41 heavy (non-hydrogen) atoms. The van der Waals surface area contributed by atoms with Gasteiger partial charge < -0.3 is 33.5 Å². The van der Waals surface area contributed by atoms with Gasteiger partial charge in [0.1, 0.15) is 11.9 Å². The summed E-state index contributed by atoms with van der Waals surface area (Å²) in [7, 11) is 0. The zero-order chi connectivity index (χ0) is 28.4. The average molecular weight is 573 g/mol. The van der Waals surface area contributed by atoms with Crippen molar-refractivity contribution in [1.82, 2.24) is 0 Å². The van der Waals surface area contributed by atoms with E-state index in [1.54, 1.807) is 0 Å². The highest BCUT2D eigenvalue weighted by atomic mass is 16.8. The predicted molar refractivity (Wildman–Crippen MR) is 149 cm³/mol. The Morgan fingerprint density at radius 1 is 1.00 bits per heavy atom. The zero-order valence-electron chi connectivity index (χ0n) is 23.8. The van der Waals surface area contributed by atoms with Crippen molar-refractivity contribution in [1.29, 1.82) is 0 Å². The Morgan fingerprint density at radius 3 is 2.37 bits per heavy atom. The standard InChI is InChI=1S/C32H44O9/c33-24-21-28(39-31-16-8-10-20-37-31)23(22(24)11-3-1-2-4-14-29(34)35)17-18-27(38-30-15-7-9-19-36-30)32-40-25-12-5-6-13-26(25)41-32/h1,3,5-6,12-13,22-23,27-28,30-32H,2,4,7-11,14-21H2,(H,34,35)/b3-1-/t22-,23-,27+,28-,30?,31?/m1/s1. The molecular weight excluding hydrogens is 528 g/mol. The van der Waals surface area contributed by atoms with Crippen LogP contribution in [0.2, 0.25) is 0 Å². The highest BCUT2D eigenvalue weighted by Crippen LogP contribution is 2.41. The van der Waals surface area contributed by atoms with E-state index in [4.69, 9.17) is 33.5 Å². The van der Waals surface area contributed by atoms with Crippen LogP contribution in [0.1, 0.15) is 83.5 Å². The Balaban J connectivity index is 1.26. The van der Waals surface area contributed by atoms with Gasteiger partial charge in [0.15, 0.2) is 24.1 Å². The molecule has 3 aliphatic heterocycles. The molecule has 3 heterocycles. The van der Waals surface area contributed by atoms with Crippen LogP contribution in [0.15, 0.2) is 36.4 Å². The quantitative estimate of drug-likeness (QED) is 0.219. The van der Waals surface area contributed by atoms with Gasteiger partial charge in [0.05, 0.1) is 6.10 Å². The summed E-state index contributed by atoms with van der Waals surface area (Å²) in [5.74, 6) is 0.650. The van der Waals surface area contributed by atoms with Crippen molar-refractivity contribution in [2.24, 2.45) is 11.8 Å². The van der Waals surface area contributed by atoms with E-state index >= 15 is 0 Å². The summed E-state index contributed by atoms with van der Waals surface area (Å²) in [6.07, 6.45) is 11.9. The molecule has 1 saturated carbocycles. The van der Waals surface area contributed by atoms with Crippen LogP contribution < -0.4 is 9.47 Å².